The second-order valence-electron chi connectivity index (χ2n) is 17.0. The molecule has 0 fully saturated rings. The quantitative estimate of drug-likeness (QED) is 0.0627. The number of aromatic nitrogens is 16. The number of rotatable bonds is 13. The van der Waals surface area contributed by atoms with Crippen molar-refractivity contribution in [3.63, 3.8) is 0 Å². The summed E-state index contributed by atoms with van der Waals surface area (Å²) >= 11 is 0. The summed E-state index contributed by atoms with van der Waals surface area (Å²) in [5.74, 6) is 1.64. The van der Waals surface area contributed by atoms with Crippen LogP contribution in [0.2, 0.25) is 0 Å². The Labute approximate surface area is 415 Å². The molecule has 0 bridgehead atoms. The van der Waals surface area contributed by atoms with Crippen molar-refractivity contribution >= 4 is 67.6 Å². The van der Waals surface area contributed by atoms with Crippen molar-refractivity contribution in [3.05, 3.63) is 135 Å². The maximum atomic E-state index is 12.1. The number of fused-ring (bicyclic) bond motifs is 4. The molecule has 0 aliphatic carbocycles. The number of benzene rings is 2. The standard InChI is InChI=1S/C27H23N9O.C26H21N9O/c1-2-3-6-23(37)33-27-30-11-9-20(32-27)16-7-8-21-18(12-16)25(36-35-21)26-31-22-15-29-14-19(24(22)34-26)17-5-4-10-28-13-17;1-2-4-22(36)32-26-29-10-8-19(31-26)15-6-7-20-17(11-15)24(35-34-20)25-30-21-14-28-13-18(23(21)33-25)16-5-3-9-27-12-16/h4-5,7-15H,2-3,6H2,1H3,(H,31,34)(H,35,36)(H,30,32,33,37);3,5-14H,2,4H2,1H3,(H,30,33)(H,34,35)(H,29,31,32,36). The van der Waals surface area contributed by atoms with Gasteiger partial charge in [0.2, 0.25) is 23.7 Å². The van der Waals surface area contributed by atoms with Crippen molar-refractivity contribution in [2.75, 3.05) is 10.6 Å². The van der Waals surface area contributed by atoms with Gasteiger partial charge in [0.25, 0.3) is 0 Å². The van der Waals surface area contributed by atoms with Crippen molar-refractivity contribution in [2.45, 2.75) is 46.0 Å². The van der Waals surface area contributed by atoms with Crippen LogP contribution < -0.4 is 10.6 Å². The number of carbonyl (C=O) groups is 2. The van der Waals surface area contributed by atoms with E-state index in [0.717, 1.165) is 96.5 Å². The molecule has 2 amide bonds. The number of hydrogen-bond donors (Lipinski definition) is 6. The van der Waals surface area contributed by atoms with Gasteiger partial charge in [-0.25, -0.2) is 29.9 Å². The molecule has 10 heterocycles. The van der Waals surface area contributed by atoms with Gasteiger partial charge in [-0.15, -0.1) is 0 Å². The second-order valence-corrected chi connectivity index (χ2v) is 17.0. The second kappa shape index (κ2) is 20.2. The van der Waals surface area contributed by atoms with Crippen LogP contribution in [0.1, 0.15) is 46.0 Å². The van der Waals surface area contributed by atoms with Crippen LogP contribution in [0.3, 0.4) is 0 Å². The van der Waals surface area contributed by atoms with E-state index < -0.39 is 0 Å². The molecular weight excluding hydrogens is 921 g/mol. The summed E-state index contributed by atoms with van der Waals surface area (Å²) in [7, 11) is 0. The molecule has 20 heteroatoms. The smallest absolute Gasteiger partial charge is 0.229 e. The van der Waals surface area contributed by atoms with E-state index in [1.807, 2.05) is 86.6 Å². The fourth-order valence-corrected chi connectivity index (χ4v) is 8.36. The van der Waals surface area contributed by atoms with Crippen molar-refractivity contribution in [1.82, 2.24) is 80.2 Å². The number of H-pyrrole nitrogens is 4. The zero-order valence-corrected chi connectivity index (χ0v) is 39.4. The normalized spacial score (nSPS) is 11.3. The Morgan fingerprint density at radius 1 is 0.493 bits per heavy atom. The van der Waals surface area contributed by atoms with E-state index in [4.69, 9.17) is 9.97 Å². The topological polar surface area (TPSA) is 276 Å². The Morgan fingerprint density at radius 3 is 1.47 bits per heavy atom. The zero-order valence-electron chi connectivity index (χ0n) is 39.4. The number of hydrogen-bond acceptors (Lipinski definition) is 14. The number of amides is 2. The third-order valence-corrected chi connectivity index (χ3v) is 11.9. The van der Waals surface area contributed by atoms with Crippen LogP contribution in [-0.2, 0) is 9.59 Å². The lowest BCUT2D eigenvalue weighted by Crippen LogP contribution is -2.13. The average molecular weight is 965 g/mol. The first-order chi connectivity index (χ1) is 35.9. The monoisotopic (exact) mass is 964 g/mol. The highest BCUT2D eigenvalue weighted by Gasteiger charge is 2.19. The van der Waals surface area contributed by atoms with Crippen LogP contribution in [0.5, 0.6) is 0 Å². The minimum absolute atomic E-state index is 0.0865. The fourth-order valence-electron chi connectivity index (χ4n) is 8.36. The average Bonchev–Trinajstić information content (AvgIpc) is 4.26. The fraction of sp³-hybridized carbons (Fsp3) is 0.132. The molecule has 358 valence electrons. The molecule has 0 saturated heterocycles. The van der Waals surface area contributed by atoms with Gasteiger partial charge < -0.3 is 9.97 Å². The molecule has 0 aliphatic heterocycles. The molecule has 0 unspecified atom stereocenters. The lowest BCUT2D eigenvalue weighted by Gasteiger charge is -2.06. The van der Waals surface area contributed by atoms with Gasteiger partial charge in [-0.1, -0.05) is 44.5 Å². The number of carbonyl (C=O) groups excluding carboxylic acids is 2. The molecule has 12 aromatic rings. The van der Waals surface area contributed by atoms with Crippen molar-refractivity contribution in [2.24, 2.45) is 0 Å². The lowest BCUT2D eigenvalue weighted by atomic mass is 10.1. The minimum Gasteiger partial charge on any atom is -0.335 e. The molecule has 10 aromatic heterocycles. The van der Waals surface area contributed by atoms with Gasteiger partial charge in [0, 0.05) is 107 Å². The molecule has 6 N–H and O–H groups in total. The number of anilines is 2. The predicted molar refractivity (Wildman–Crippen MR) is 278 cm³/mol. The van der Waals surface area contributed by atoms with Crippen molar-refractivity contribution < 1.29 is 9.59 Å². The first-order valence-corrected chi connectivity index (χ1v) is 23.6. The van der Waals surface area contributed by atoms with Crippen LogP contribution in [-0.4, -0.2) is 92.0 Å². The Balaban J connectivity index is 0.000000157. The Kier molecular flexibility index (Phi) is 12.6. The molecule has 12 rings (SSSR count). The SMILES string of the molecule is CCCC(=O)Nc1nccc(-c2ccc3[nH]nc(-c4nc5c(-c6cccnc6)cncc5[nH]4)c3c2)n1.CCCCC(=O)Nc1nccc(-c2ccc3[nH]nc(-c4nc5c(-c6cccnc6)cncc5[nH]4)c3c2)n1. The molecule has 2 aromatic carbocycles. The summed E-state index contributed by atoms with van der Waals surface area (Å²) < 4.78 is 0. The van der Waals surface area contributed by atoms with Crippen LogP contribution in [0.25, 0.3) is 112 Å². The van der Waals surface area contributed by atoms with Gasteiger partial charge in [-0.05, 0) is 61.4 Å². The van der Waals surface area contributed by atoms with E-state index in [0.29, 0.717) is 53.2 Å². The molecule has 73 heavy (non-hydrogen) atoms. The van der Waals surface area contributed by atoms with E-state index in [1.54, 1.807) is 62.0 Å². The Bertz CT molecular complexity index is 3940. The maximum Gasteiger partial charge on any atom is 0.229 e. The van der Waals surface area contributed by atoms with E-state index in [2.05, 4.69) is 80.9 Å². The van der Waals surface area contributed by atoms with Crippen LogP contribution in [0.15, 0.2) is 135 Å². The summed E-state index contributed by atoms with van der Waals surface area (Å²) in [6, 6.07) is 23.2. The maximum absolute atomic E-state index is 12.1. The van der Waals surface area contributed by atoms with Crippen LogP contribution in [0, 0.1) is 0 Å². The largest absolute Gasteiger partial charge is 0.335 e. The summed E-state index contributed by atoms with van der Waals surface area (Å²) in [5.41, 5.74) is 13.1. The van der Waals surface area contributed by atoms with E-state index in [9.17, 15) is 9.59 Å². The van der Waals surface area contributed by atoms with Gasteiger partial charge in [0.15, 0.2) is 11.6 Å². The molecule has 0 spiro atoms. The van der Waals surface area contributed by atoms with Crippen molar-refractivity contribution in [3.8, 4) is 67.8 Å². The van der Waals surface area contributed by atoms with Gasteiger partial charge in [0.1, 0.15) is 22.4 Å². The number of nitrogens with zero attached hydrogens (tertiary/aromatic N) is 12. The van der Waals surface area contributed by atoms with Crippen LogP contribution >= 0.6 is 0 Å². The number of nitrogens with one attached hydrogen (secondary N) is 6. The summed E-state index contributed by atoms with van der Waals surface area (Å²) in [4.78, 5) is 75.2. The van der Waals surface area contributed by atoms with Gasteiger partial charge in [0.05, 0.1) is 45.8 Å². The lowest BCUT2D eigenvalue weighted by molar-refractivity contribution is -0.117. The molecule has 0 atom stereocenters. The highest BCUT2D eigenvalue weighted by Crippen LogP contribution is 2.34. The molecule has 0 saturated carbocycles. The van der Waals surface area contributed by atoms with Gasteiger partial charge in [-0.2, -0.15) is 10.2 Å². The summed E-state index contributed by atoms with van der Waals surface area (Å²) in [6.07, 6.45) is 20.8. The van der Waals surface area contributed by atoms with E-state index in [1.165, 1.54) is 0 Å². The number of pyridine rings is 4. The van der Waals surface area contributed by atoms with E-state index in [-0.39, 0.29) is 17.8 Å². The first-order valence-electron chi connectivity index (χ1n) is 23.6. The Hall–Kier alpha value is -9.98. The highest BCUT2D eigenvalue weighted by molar-refractivity contribution is 6.00. The highest BCUT2D eigenvalue weighted by atomic mass is 16.2. The molecular formula is C53H44N18O2. The predicted octanol–water partition coefficient (Wildman–Crippen LogP) is 9.91. The first kappa shape index (κ1) is 45.5. The number of aromatic amines is 4. The van der Waals surface area contributed by atoms with E-state index >= 15 is 0 Å². The third-order valence-electron chi connectivity index (χ3n) is 11.9. The zero-order chi connectivity index (χ0) is 49.7. The van der Waals surface area contributed by atoms with Crippen molar-refractivity contribution in [1.29, 1.82) is 0 Å². The van der Waals surface area contributed by atoms with Gasteiger partial charge in [-0.3, -0.25) is 50.4 Å². The van der Waals surface area contributed by atoms with Gasteiger partial charge >= 0.3 is 0 Å². The minimum atomic E-state index is -0.104. The van der Waals surface area contributed by atoms with Crippen LogP contribution in [0.4, 0.5) is 11.9 Å². The third kappa shape index (κ3) is 9.54. The number of unbranched alkanes of at least 4 members (excludes halogenated alkanes) is 1. The molecule has 0 aliphatic rings. The summed E-state index contributed by atoms with van der Waals surface area (Å²) in [6.45, 7) is 4.00. The molecule has 0 radical (unpaired) electrons. The summed E-state index contributed by atoms with van der Waals surface area (Å²) in [5, 5.41) is 22.6. The Morgan fingerprint density at radius 2 is 1.00 bits per heavy atom. The molecule has 20 nitrogen and oxygen atoms in total. The number of imidazole rings is 2.